The average molecular weight is 377 g/mol. The minimum absolute atomic E-state index is 0.320. The van der Waals surface area contributed by atoms with Crippen LogP contribution in [0.1, 0.15) is 48.2 Å². The molecule has 0 saturated heterocycles. The zero-order valence-electron chi connectivity index (χ0n) is 15.9. The Morgan fingerprint density at radius 2 is 1.86 bits per heavy atom. The number of aromatic nitrogens is 1. The van der Waals surface area contributed by atoms with Crippen molar-refractivity contribution in [3.8, 4) is 17.3 Å². The molecule has 0 bridgehead atoms. The minimum atomic E-state index is -0.837. The van der Waals surface area contributed by atoms with Gasteiger partial charge in [-0.3, -0.25) is 9.78 Å². The minimum Gasteiger partial charge on any atom is -0.452 e. The van der Waals surface area contributed by atoms with Gasteiger partial charge in [0.1, 0.15) is 5.54 Å². The van der Waals surface area contributed by atoms with Gasteiger partial charge in [0.25, 0.3) is 5.91 Å². The molecule has 28 heavy (non-hydrogen) atoms. The highest BCUT2D eigenvalue weighted by Gasteiger charge is 2.33. The van der Waals surface area contributed by atoms with Crippen LogP contribution >= 0.6 is 0 Å². The summed E-state index contributed by atoms with van der Waals surface area (Å²) in [6.45, 7) is 1.32. The first-order valence-corrected chi connectivity index (χ1v) is 9.45. The Labute approximate surface area is 164 Å². The first-order chi connectivity index (χ1) is 13.5. The molecule has 144 valence electrons. The molecule has 6 nitrogen and oxygen atoms in total. The van der Waals surface area contributed by atoms with E-state index in [1.165, 1.54) is 0 Å². The summed E-state index contributed by atoms with van der Waals surface area (Å²) in [6, 6.07) is 15.3. The monoisotopic (exact) mass is 377 g/mol. The summed E-state index contributed by atoms with van der Waals surface area (Å²) in [5, 5.41) is 12.2. The molecule has 0 aliphatic heterocycles. The fourth-order valence-corrected chi connectivity index (χ4v) is 3.48. The number of ether oxygens (including phenoxy) is 1. The molecule has 3 rings (SSSR count). The molecule has 1 N–H and O–H groups in total. The van der Waals surface area contributed by atoms with Crippen molar-refractivity contribution in [1.29, 1.82) is 5.26 Å². The lowest BCUT2D eigenvalue weighted by atomic mass is 9.83. The molecule has 1 aliphatic carbocycles. The number of nitrogens with one attached hydrogen (secondary N) is 1. The molecule has 0 atom stereocenters. The lowest BCUT2D eigenvalue weighted by molar-refractivity contribution is -0.125. The van der Waals surface area contributed by atoms with Crippen LogP contribution in [0.15, 0.2) is 42.5 Å². The van der Waals surface area contributed by atoms with Crippen LogP contribution in [0.5, 0.6) is 0 Å². The first kappa shape index (κ1) is 19.6. The summed E-state index contributed by atoms with van der Waals surface area (Å²) in [7, 11) is 0. The molecule has 1 fully saturated rings. The van der Waals surface area contributed by atoms with E-state index in [-0.39, 0.29) is 0 Å². The Kier molecular flexibility index (Phi) is 6.05. The lowest BCUT2D eigenvalue weighted by Gasteiger charge is -2.31. The lowest BCUT2D eigenvalue weighted by Crippen LogP contribution is -2.50. The van der Waals surface area contributed by atoms with Gasteiger partial charge in [-0.15, -0.1) is 0 Å². The average Bonchev–Trinajstić information content (AvgIpc) is 2.73. The predicted octanol–water partition coefficient (Wildman–Crippen LogP) is 3.56. The molecular formula is C22H23N3O3. The van der Waals surface area contributed by atoms with E-state index >= 15 is 0 Å². The highest BCUT2D eigenvalue weighted by molar-refractivity contribution is 5.92. The Balaban J connectivity index is 1.60. The van der Waals surface area contributed by atoms with E-state index in [0.29, 0.717) is 24.1 Å². The van der Waals surface area contributed by atoms with Crippen molar-refractivity contribution in [3.05, 3.63) is 53.7 Å². The number of amides is 1. The largest absolute Gasteiger partial charge is 0.452 e. The van der Waals surface area contributed by atoms with E-state index in [9.17, 15) is 14.9 Å². The Bertz CT molecular complexity index is 897. The maximum atomic E-state index is 12.4. The fourth-order valence-electron chi connectivity index (χ4n) is 3.48. The van der Waals surface area contributed by atoms with Crippen molar-refractivity contribution in [2.75, 3.05) is 6.61 Å². The van der Waals surface area contributed by atoms with E-state index in [1.54, 1.807) is 19.1 Å². The number of aryl methyl sites for hydroxylation is 1. The number of nitrogens with zero attached hydrogens (tertiary/aromatic N) is 2. The number of pyridine rings is 1. The number of hydrogen-bond acceptors (Lipinski definition) is 5. The van der Waals surface area contributed by atoms with Crippen LogP contribution in [0.25, 0.3) is 11.3 Å². The van der Waals surface area contributed by atoms with Crippen LogP contribution in [0.3, 0.4) is 0 Å². The van der Waals surface area contributed by atoms with Gasteiger partial charge in [-0.2, -0.15) is 5.26 Å². The van der Waals surface area contributed by atoms with Gasteiger partial charge in [-0.05, 0) is 31.9 Å². The summed E-state index contributed by atoms with van der Waals surface area (Å²) in [5.41, 5.74) is 1.74. The highest BCUT2D eigenvalue weighted by Crippen LogP contribution is 2.27. The number of rotatable bonds is 5. The third kappa shape index (κ3) is 4.55. The van der Waals surface area contributed by atoms with E-state index < -0.39 is 24.0 Å². The second-order valence-corrected chi connectivity index (χ2v) is 7.07. The molecule has 0 spiro atoms. The van der Waals surface area contributed by atoms with Gasteiger partial charge < -0.3 is 10.1 Å². The van der Waals surface area contributed by atoms with Gasteiger partial charge in [0.15, 0.2) is 6.61 Å². The van der Waals surface area contributed by atoms with Gasteiger partial charge in [0.05, 0.1) is 23.0 Å². The molecule has 1 heterocycles. The zero-order valence-corrected chi connectivity index (χ0v) is 15.9. The second-order valence-electron chi connectivity index (χ2n) is 7.07. The number of esters is 1. The quantitative estimate of drug-likeness (QED) is 0.805. The molecule has 1 aromatic carbocycles. The fraction of sp³-hybridized carbons (Fsp3) is 0.364. The third-order valence-corrected chi connectivity index (χ3v) is 5.01. The molecular weight excluding hydrogens is 354 g/mol. The molecule has 1 aromatic heterocycles. The molecule has 6 heteroatoms. The Hall–Kier alpha value is -3.20. The first-order valence-electron chi connectivity index (χ1n) is 9.45. The van der Waals surface area contributed by atoms with Gasteiger partial charge in [0, 0.05) is 5.56 Å². The van der Waals surface area contributed by atoms with Crippen molar-refractivity contribution in [3.63, 3.8) is 0 Å². The summed E-state index contributed by atoms with van der Waals surface area (Å²) in [6.07, 6.45) is 4.15. The Morgan fingerprint density at radius 1 is 1.14 bits per heavy atom. The standard InChI is InChI=1S/C22H23N3O3/c1-16-18(10-11-19(24-16)17-8-4-2-5-9-17)21(27)28-14-20(26)25-22(15-23)12-6-3-7-13-22/h2,4-5,8-11H,3,6-7,12-14H2,1H3,(H,25,26). The maximum absolute atomic E-state index is 12.4. The molecule has 1 aliphatic rings. The molecule has 1 amide bonds. The van der Waals surface area contributed by atoms with E-state index in [0.717, 1.165) is 30.5 Å². The molecule has 0 radical (unpaired) electrons. The summed E-state index contributed by atoms with van der Waals surface area (Å²) >= 11 is 0. The number of benzene rings is 1. The van der Waals surface area contributed by atoms with Crippen LogP contribution in [0.4, 0.5) is 0 Å². The van der Waals surface area contributed by atoms with Crippen LogP contribution in [-0.4, -0.2) is 29.0 Å². The number of nitriles is 1. The summed E-state index contributed by atoms with van der Waals surface area (Å²) in [5.74, 6) is -1.06. The summed E-state index contributed by atoms with van der Waals surface area (Å²) < 4.78 is 5.15. The van der Waals surface area contributed by atoms with Crippen LogP contribution in [0.2, 0.25) is 0 Å². The zero-order chi connectivity index (χ0) is 20.0. The van der Waals surface area contributed by atoms with E-state index in [4.69, 9.17) is 4.74 Å². The van der Waals surface area contributed by atoms with E-state index in [1.807, 2.05) is 30.3 Å². The molecule has 0 unspecified atom stereocenters. The number of carbonyl (C=O) groups excluding carboxylic acids is 2. The van der Waals surface area contributed by atoms with E-state index in [2.05, 4.69) is 16.4 Å². The Morgan fingerprint density at radius 3 is 2.50 bits per heavy atom. The summed E-state index contributed by atoms with van der Waals surface area (Å²) in [4.78, 5) is 29.0. The van der Waals surface area contributed by atoms with Crippen molar-refractivity contribution in [2.24, 2.45) is 0 Å². The van der Waals surface area contributed by atoms with Gasteiger partial charge in [-0.1, -0.05) is 49.6 Å². The van der Waals surface area contributed by atoms with Crippen LogP contribution in [0, 0.1) is 18.3 Å². The van der Waals surface area contributed by atoms with Crippen molar-refractivity contribution in [1.82, 2.24) is 10.3 Å². The maximum Gasteiger partial charge on any atom is 0.340 e. The number of hydrogen-bond donors (Lipinski definition) is 1. The normalized spacial score (nSPS) is 15.3. The topological polar surface area (TPSA) is 92.1 Å². The highest BCUT2D eigenvalue weighted by atomic mass is 16.5. The second kappa shape index (κ2) is 8.66. The van der Waals surface area contributed by atoms with Crippen LogP contribution < -0.4 is 5.32 Å². The number of carbonyl (C=O) groups is 2. The molecule has 2 aromatic rings. The van der Waals surface area contributed by atoms with Gasteiger partial charge in [0.2, 0.25) is 0 Å². The van der Waals surface area contributed by atoms with Crippen molar-refractivity contribution >= 4 is 11.9 Å². The smallest absolute Gasteiger partial charge is 0.340 e. The van der Waals surface area contributed by atoms with Crippen LogP contribution in [-0.2, 0) is 9.53 Å². The van der Waals surface area contributed by atoms with Crippen molar-refractivity contribution < 1.29 is 14.3 Å². The van der Waals surface area contributed by atoms with Gasteiger partial charge >= 0.3 is 5.97 Å². The van der Waals surface area contributed by atoms with Crippen molar-refractivity contribution in [2.45, 2.75) is 44.6 Å². The third-order valence-electron chi connectivity index (χ3n) is 5.01. The van der Waals surface area contributed by atoms with Gasteiger partial charge in [-0.25, -0.2) is 4.79 Å². The predicted molar refractivity (Wildman–Crippen MR) is 104 cm³/mol. The molecule has 1 saturated carbocycles. The SMILES string of the molecule is Cc1nc(-c2ccccc2)ccc1C(=O)OCC(=O)NC1(C#N)CCCCC1.